The number of rotatable bonds is 5. The Hall–Kier alpha value is -2.16. The monoisotopic (exact) mass is 441 g/mol. The van der Waals surface area contributed by atoms with Gasteiger partial charge in [-0.05, 0) is 32.9 Å². The van der Waals surface area contributed by atoms with Gasteiger partial charge in [-0.2, -0.15) is 13.2 Å². The van der Waals surface area contributed by atoms with Gasteiger partial charge < -0.3 is 15.0 Å². The van der Waals surface area contributed by atoms with Crippen LogP contribution in [-0.2, 0) is 14.3 Å². The van der Waals surface area contributed by atoms with E-state index in [2.05, 4.69) is 22.1 Å². The third-order valence-electron chi connectivity index (χ3n) is 6.36. The molecule has 9 heteroatoms. The van der Waals surface area contributed by atoms with E-state index in [1.54, 1.807) is 19.9 Å². The number of amides is 1. The van der Waals surface area contributed by atoms with Gasteiger partial charge in [0.05, 0.1) is 18.0 Å². The number of nitrogens with one attached hydrogen (secondary N) is 1. The fraction of sp³-hybridized carbons (Fsp3) is 0.682. The van der Waals surface area contributed by atoms with Crippen LogP contribution in [0.1, 0.15) is 46.5 Å². The predicted molar refractivity (Wildman–Crippen MR) is 111 cm³/mol. The second kappa shape index (κ2) is 9.14. The van der Waals surface area contributed by atoms with E-state index in [-0.39, 0.29) is 25.3 Å². The van der Waals surface area contributed by atoms with Crippen LogP contribution in [0.15, 0.2) is 28.3 Å². The molecule has 0 saturated carbocycles. The fourth-order valence-corrected chi connectivity index (χ4v) is 4.44. The molecule has 31 heavy (non-hydrogen) atoms. The SMILES string of the molecule is CCN1CCC2(CC1)OC(=O)C(C)=C2C(=O)NC(C)CN=C1C=CCC(C(F)(F)F)C1. The number of allylic oxidation sites excluding steroid dienone is 2. The zero-order valence-electron chi connectivity index (χ0n) is 18.2. The molecule has 2 unspecified atom stereocenters. The molecule has 1 N–H and O–H groups in total. The van der Waals surface area contributed by atoms with E-state index >= 15 is 0 Å². The summed E-state index contributed by atoms with van der Waals surface area (Å²) in [5, 5.41) is 2.85. The number of hydrogen-bond acceptors (Lipinski definition) is 5. The topological polar surface area (TPSA) is 71.0 Å². The zero-order chi connectivity index (χ0) is 22.8. The molecule has 0 radical (unpaired) electrons. The third-order valence-corrected chi connectivity index (χ3v) is 6.36. The number of alkyl halides is 3. The van der Waals surface area contributed by atoms with E-state index in [9.17, 15) is 22.8 Å². The number of likely N-dealkylation sites (tertiary alicyclic amines) is 1. The Morgan fingerprint density at radius 1 is 1.39 bits per heavy atom. The largest absolute Gasteiger partial charge is 0.450 e. The Labute approximate surface area is 180 Å². The van der Waals surface area contributed by atoms with E-state index in [4.69, 9.17) is 4.74 Å². The van der Waals surface area contributed by atoms with E-state index in [0.29, 0.717) is 29.7 Å². The average molecular weight is 441 g/mol. The van der Waals surface area contributed by atoms with Crippen molar-refractivity contribution < 1.29 is 27.5 Å². The maximum absolute atomic E-state index is 13.0. The maximum atomic E-state index is 13.0. The summed E-state index contributed by atoms with van der Waals surface area (Å²) in [5.41, 5.74) is 0.189. The minimum atomic E-state index is -4.24. The molecule has 6 nitrogen and oxygen atoms in total. The van der Waals surface area contributed by atoms with Gasteiger partial charge in [0.2, 0.25) is 0 Å². The summed E-state index contributed by atoms with van der Waals surface area (Å²) >= 11 is 0. The highest BCUT2D eigenvalue weighted by molar-refractivity contribution is 6.07. The molecule has 2 aliphatic heterocycles. The lowest BCUT2D eigenvalue weighted by molar-refractivity contribution is -0.171. The molecule has 0 bridgehead atoms. The molecular weight excluding hydrogens is 411 g/mol. The summed E-state index contributed by atoms with van der Waals surface area (Å²) in [6, 6.07) is -0.400. The van der Waals surface area contributed by atoms with Crippen LogP contribution in [0, 0.1) is 5.92 Å². The molecule has 1 fully saturated rings. The number of piperidine rings is 1. The first-order chi connectivity index (χ1) is 14.6. The van der Waals surface area contributed by atoms with Crippen molar-refractivity contribution in [2.24, 2.45) is 10.9 Å². The molecule has 2 heterocycles. The van der Waals surface area contributed by atoms with Crippen molar-refractivity contribution in [3.63, 3.8) is 0 Å². The first kappa shape index (κ1) is 23.5. The van der Waals surface area contributed by atoms with Gasteiger partial charge in [0.25, 0.3) is 5.91 Å². The van der Waals surface area contributed by atoms with Crippen LogP contribution in [-0.4, -0.2) is 66.5 Å². The number of esters is 1. The lowest BCUT2D eigenvalue weighted by Gasteiger charge is -2.39. The van der Waals surface area contributed by atoms with Crippen LogP contribution in [0.5, 0.6) is 0 Å². The summed E-state index contributed by atoms with van der Waals surface area (Å²) in [7, 11) is 0. The fourth-order valence-electron chi connectivity index (χ4n) is 4.44. The zero-order valence-corrected chi connectivity index (χ0v) is 18.2. The standard InChI is InChI=1S/C22H30F3N3O3/c1-4-28-10-8-21(9-11-28)18(15(3)20(30)31-21)19(29)27-14(2)13-26-17-7-5-6-16(12-17)22(23,24)25/h5,7,14,16H,4,6,8-13H2,1-3H3,(H,27,29). The van der Waals surface area contributed by atoms with Crippen molar-refractivity contribution in [2.45, 2.75) is 64.3 Å². The Morgan fingerprint density at radius 2 is 2.06 bits per heavy atom. The predicted octanol–water partition coefficient (Wildman–Crippen LogP) is 3.19. The molecule has 1 aliphatic carbocycles. The molecule has 0 aromatic rings. The Morgan fingerprint density at radius 3 is 2.68 bits per heavy atom. The first-order valence-electron chi connectivity index (χ1n) is 10.8. The van der Waals surface area contributed by atoms with Crippen molar-refractivity contribution in [3.05, 3.63) is 23.3 Å². The van der Waals surface area contributed by atoms with Crippen molar-refractivity contribution in [3.8, 4) is 0 Å². The number of carbonyl (C=O) groups is 2. The number of carbonyl (C=O) groups excluding carboxylic acids is 2. The van der Waals surface area contributed by atoms with Crippen molar-refractivity contribution in [1.82, 2.24) is 10.2 Å². The molecule has 172 valence electrons. The van der Waals surface area contributed by atoms with Crippen molar-refractivity contribution in [2.75, 3.05) is 26.2 Å². The van der Waals surface area contributed by atoms with Gasteiger partial charge >= 0.3 is 12.1 Å². The number of ether oxygens (including phenoxy) is 1. The normalized spacial score (nSPS) is 26.5. The molecular formula is C22H30F3N3O3. The quantitative estimate of drug-likeness (QED) is 0.666. The van der Waals surface area contributed by atoms with Gasteiger partial charge in [-0.3, -0.25) is 9.79 Å². The molecule has 1 saturated heterocycles. The van der Waals surface area contributed by atoms with Crippen LogP contribution >= 0.6 is 0 Å². The maximum Gasteiger partial charge on any atom is 0.392 e. The van der Waals surface area contributed by atoms with Crippen LogP contribution < -0.4 is 5.32 Å². The van der Waals surface area contributed by atoms with Gasteiger partial charge in [-0.1, -0.05) is 13.0 Å². The number of halogens is 3. The second-order valence-corrected chi connectivity index (χ2v) is 8.61. The molecule has 0 aromatic heterocycles. The van der Waals surface area contributed by atoms with E-state index in [0.717, 1.165) is 19.6 Å². The Balaban J connectivity index is 1.64. The molecule has 0 aromatic carbocycles. The van der Waals surface area contributed by atoms with Gasteiger partial charge in [-0.15, -0.1) is 0 Å². The lowest BCUT2D eigenvalue weighted by atomic mass is 9.82. The summed E-state index contributed by atoms with van der Waals surface area (Å²) in [6.45, 7) is 7.95. The van der Waals surface area contributed by atoms with Crippen LogP contribution in [0.2, 0.25) is 0 Å². The third kappa shape index (κ3) is 5.19. The highest BCUT2D eigenvalue weighted by atomic mass is 19.4. The smallest absolute Gasteiger partial charge is 0.392 e. The van der Waals surface area contributed by atoms with E-state index in [1.807, 2.05) is 0 Å². The van der Waals surface area contributed by atoms with Crippen LogP contribution in [0.4, 0.5) is 13.2 Å². The molecule has 3 aliphatic rings. The van der Waals surface area contributed by atoms with Gasteiger partial charge in [0.1, 0.15) is 5.60 Å². The van der Waals surface area contributed by atoms with Crippen molar-refractivity contribution >= 4 is 17.6 Å². The molecule has 1 spiro atoms. The van der Waals surface area contributed by atoms with Crippen molar-refractivity contribution in [1.29, 1.82) is 0 Å². The number of aliphatic imine (C=N–C) groups is 1. The summed E-state index contributed by atoms with van der Waals surface area (Å²) in [4.78, 5) is 31.8. The van der Waals surface area contributed by atoms with Crippen LogP contribution in [0.3, 0.4) is 0 Å². The highest BCUT2D eigenvalue weighted by Gasteiger charge is 2.50. The second-order valence-electron chi connectivity index (χ2n) is 8.61. The van der Waals surface area contributed by atoms with Gasteiger partial charge in [0, 0.05) is 49.7 Å². The first-order valence-corrected chi connectivity index (χ1v) is 10.8. The Bertz CT molecular complexity index is 809. The summed E-state index contributed by atoms with van der Waals surface area (Å²) in [6.07, 6.45) is -0.195. The molecule has 2 atom stereocenters. The van der Waals surface area contributed by atoms with Gasteiger partial charge in [-0.25, -0.2) is 4.79 Å². The number of hydrogen-bond donors (Lipinski definition) is 1. The summed E-state index contributed by atoms with van der Waals surface area (Å²) < 4.78 is 44.5. The Kier molecular flexibility index (Phi) is 6.93. The average Bonchev–Trinajstić information content (AvgIpc) is 2.96. The summed E-state index contributed by atoms with van der Waals surface area (Å²) in [5.74, 6) is -2.24. The van der Waals surface area contributed by atoms with Gasteiger partial charge in [0.15, 0.2) is 0 Å². The minimum Gasteiger partial charge on any atom is -0.450 e. The lowest BCUT2D eigenvalue weighted by Crippen LogP contribution is -2.49. The van der Waals surface area contributed by atoms with E-state index in [1.165, 1.54) is 6.08 Å². The number of nitrogens with zero attached hydrogens (tertiary/aromatic N) is 2. The van der Waals surface area contributed by atoms with E-state index < -0.39 is 29.7 Å². The highest BCUT2D eigenvalue weighted by Crippen LogP contribution is 2.41. The minimum absolute atomic E-state index is 0.0339. The molecule has 3 rings (SSSR count). The van der Waals surface area contributed by atoms with Crippen LogP contribution in [0.25, 0.3) is 0 Å². The molecule has 1 amide bonds.